The van der Waals surface area contributed by atoms with E-state index in [4.69, 9.17) is 4.55 Å². The summed E-state index contributed by atoms with van der Waals surface area (Å²) in [6, 6.07) is 16.6. The van der Waals surface area contributed by atoms with E-state index < -0.39 is 10.1 Å². The smallest absolute Gasteiger partial charge is 0.294 e. The summed E-state index contributed by atoms with van der Waals surface area (Å²) in [5.41, 5.74) is 2.02. The van der Waals surface area contributed by atoms with Gasteiger partial charge in [0.25, 0.3) is 21.9 Å². The van der Waals surface area contributed by atoms with Crippen LogP contribution in [0.2, 0.25) is 0 Å². The summed E-state index contributed by atoms with van der Waals surface area (Å²) in [6.07, 6.45) is 2.47. The first kappa shape index (κ1) is 21.2. The number of nitrogens with zero attached hydrogens (tertiary/aromatic N) is 1. The van der Waals surface area contributed by atoms with Crippen LogP contribution in [0.25, 0.3) is 10.8 Å². The SMILES string of the molecule is O=C1C=CC(=O)N1c1ccc(Nc2ccc3cc(S(=O)(=O)O)ccc3c2)cc1.[Na]. The summed E-state index contributed by atoms with van der Waals surface area (Å²) in [7, 11) is -4.24. The molecule has 141 valence electrons. The largest absolute Gasteiger partial charge is 0.356 e. The second-order valence-electron chi connectivity index (χ2n) is 6.22. The van der Waals surface area contributed by atoms with Crippen LogP contribution in [0.4, 0.5) is 17.1 Å². The maximum absolute atomic E-state index is 11.7. The second-order valence-corrected chi connectivity index (χ2v) is 7.64. The van der Waals surface area contributed by atoms with Gasteiger partial charge in [-0.1, -0.05) is 12.1 Å². The Hall–Kier alpha value is -2.49. The molecule has 0 spiro atoms. The predicted octanol–water partition coefficient (Wildman–Crippen LogP) is 2.88. The molecule has 0 fully saturated rings. The normalized spacial score (nSPS) is 13.6. The average molecular weight is 417 g/mol. The van der Waals surface area contributed by atoms with Crippen LogP contribution < -0.4 is 10.2 Å². The summed E-state index contributed by atoms with van der Waals surface area (Å²) in [5.74, 6) is -0.742. The number of rotatable bonds is 4. The van der Waals surface area contributed by atoms with Crippen LogP contribution >= 0.6 is 0 Å². The molecule has 0 saturated carbocycles. The minimum Gasteiger partial charge on any atom is -0.356 e. The topological polar surface area (TPSA) is 104 Å². The quantitative estimate of drug-likeness (QED) is 0.384. The van der Waals surface area contributed by atoms with Crippen molar-refractivity contribution in [2.24, 2.45) is 0 Å². The van der Waals surface area contributed by atoms with Crippen molar-refractivity contribution in [3.05, 3.63) is 72.8 Å². The fraction of sp³-hybridized carbons (Fsp3) is 0. The van der Waals surface area contributed by atoms with Gasteiger partial charge in [0.1, 0.15) is 0 Å². The standard InChI is InChI=1S/C20H14N2O5S.Na/c23-19-9-10-20(24)22(19)17-6-4-15(5-7-17)21-16-3-1-14-12-18(28(25,26)27)8-2-13(14)11-16;/h1-12,21H,(H,25,26,27);. The van der Waals surface area contributed by atoms with Gasteiger partial charge in [-0.3, -0.25) is 14.1 Å². The summed E-state index contributed by atoms with van der Waals surface area (Å²) in [4.78, 5) is 24.4. The minimum absolute atomic E-state index is 0. The third-order valence-electron chi connectivity index (χ3n) is 4.33. The van der Waals surface area contributed by atoms with Crippen LogP contribution in [0.15, 0.2) is 77.7 Å². The molecule has 2 amide bonds. The maximum Gasteiger partial charge on any atom is 0.294 e. The zero-order valence-electron chi connectivity index (χ0n) is 15.4. The Bertz CT molecular complexity index is 1240. The molecular formula is C20H14N2NaO5S. The van der Waals surface area contributed by atoms with Crippen LogP contribution in [-0.2, 0) is 19.7 Å². The average Bonchev–Trinajstić information content (AvgIpc) is 3.00. The first-order chi connectivity index (χ1) is 13.3. The van der Waals surface area contributed by atoms with E-state index in [-0.39, 0.29) is 46.3 Å². The maximum atomic E-state index is 11.7. The van der Waals surface area contributed by atoms with E-state index in [0.29, 0.717) is 11.1 Å². The number of imide groups is 1. The van der Waals surface area contributed by atoms with Gasteiger partial charge in [0, 0.05) is 53.1 Å². The number of benzene rings is 3. The molecular weight excluding hydrogens is 403 g/mol. The van der Waals surface area contributed by atoms with Crippen LogP contribution in [0, 0.1) is 0 Å². The summed E-state index contributed by atoms with van der Waals surface area (Å²) in [5, 5.41) is 4.68. The Balaban J connectivity index is 0.00000240. The van der Waals surface area contributed by atoms with Crippen LogP contribution in [0.1, 0.15) is 0 Å². The molecule has 0 bridgehead atoms. The second kappa shape index (κ2) is 8.10. The molecule has 0 aliphatic carbocycles. The van der Waals surface area contributed by atoms with E-state index in [0.717, 1.165) is 21.7 Å². The molecule has 1 radical (unpaired) electrons. The van der Waals surface area contributed by atoms with E-state index in [2.05, 4.69) is 5.32 Å². The van der Waals surface area contributed by atoms with Crippen molar-refractivity contribution < 1.29 is 22.6 Å². The van der Waals surface area contributed by atoms with Crippen molar-refractivity contribution in [2.45, 2.75) is 4.90 Å². The number of hydrogen-bond acceptors (Lipinski definition) is 5. The van der Waals surface area contributed by atoms with E-state index in [1.54, 1.807) is 42.5 Å². The Morgan fingerprint density at radius 1 is 0.759 bits per heavy atom. The molecule has 1 aliphatic rings. The van der Waals surface area contributed by atoms with Gasteiger partial charge in [0.05, 0.1) is 10.6 Å². The van der Waals surface area contributed by atoms with Crippen molar-refractivity contribution in [3.8, 4) is 0 Å². The van der Waals surface area contributed by atoms with Gasteiger partial charge in [0.15, 0.2) is 0 Å². The van der Waals surface area contributed by atoms with E-state index >= 15 is 0 Å². The molecule has 0 aromatic heterocycles. The number of amides is 2. The van der Waals surface area contributed by atoms with Gasteiger partial charge in [0.2, 0.25) is 0 Å². The van der Waals surface area contributed by atoms with Crippen LogP contribution in [0.3, 0.4) is 0 Å². The van der Waals surface area contributed by atoms with Crippen molar-refractivity contribution in [1.29, 1.82) is 0 Å². The van der Waals surface area contributed by atoms with Gasteiger partial charge in [-0.2, -0.15) is 8.42 Å². The molecule has 7 nitrogen and oxygen atoms in total. The summed E-state index contributed by atoms with van der Waals surface area (Å²) >= 11 is 0. The Kier molecular flexibility index (Phi) is 5.92. The third-order valence-corrected chi connectivity index (χ3v) is 5.18. The molecule has 3 aromatic carbocycles. The number of anilines is 3. The molecule has 0 unspecified atom stereocenters. The van der Waals surface area contributed by atoms with Crippen molar-refractivity contribution >= 4 is 79.3 Å². The molecule has 0 saturated heterocycles. The zero-order valence-corrected chi connectivity index (χ0v) is 18.2. The van der Waals surface area contributed by atoms with Crippen LogP contribution in [-0.4, -0.2) is 54.3 Å². The number of carbonyl (C=O) groups is 2. The molecule has 9 heteroatoms. The first-order valence-electron chi connectivity index (χ1n) is 8.26. The molecule has 3 aromatic rings. The molecule has 29 heavy (non-hydrogen) atoms. The fourth-order valence-corrected chi connectivity index (χ4v) is 3.49. The first-order valence-corrected chi connectivity index (χ1v) is 9.70. The van der Waals surface area contributed by atoms with Crippen molar-refractivity contribution in [3.63, 3.8) is 0 Å². The third kappa shape index (κ3) is 4.42. The number of nitrogens with one attached hydrogen (secondary N) is 1. The minimum atomic E-state index is -4.24. The number of fused-ring (bicyclic) bond motifs is 1. The van der Waals surface area contributed by atoms with E-state index in [9.17, 15) is 18.0 Å². The zero-order chi connectivity index (χ0) is 19.9. The molecule has 1 heterocycles. The van der Waals surface area contributed by atoms with Crippen LogP contribution in [0.5, 0.6) is 0 Å². The Morgan fingerprint density at radius 2 is 1.31 bits per heavy atom. The summed E-state index contributed by atoms with van der Waals surface area (Å²) in [6.45, 7) is 0. The fourth-order valence-electron chi connectivity index (χ4n) is 2.98. The molecule has 0 atom stereocenters. The number of hydrogen-bond donors (Lipinski definition) is 2. The van der Waals surface area contributed by atoms with Gasteiger partial charge in [-0.15, -0.1) is 0 Å². The van der Waals surface area contributed by atoms with Crippen molar-refractivity contribution in [2.75, 3.05) is 10.2 Å². The Morgan fingerprint density at radius 3 is 1.93 bits per heavy atom. The van der Waals surface area contributed by atoms with Gasteiger partial charge >= 0.3 is 0 Å². The monoisotopic (exact) mass is 417 g/mol. The van der Waals surface area contributed by atoms with E-state index in [1.165, 1.54) is 24.3 Å². The van der Waals surface area contributed by atoms with E-state index in [1.807, 2.05) is 6.07 Å². The van der Waals surface area contributed by atoms with Gasteiger partial charge in [-0.25, -0.2) is 4.90 Å². The Labute approximate surface area is 189 Å². The predicted molar refractivity (Wildman–Crippen MR) is 111 cm³/mol. The number of carbonyl (C=O) groups excluding carboxylic acids is 2. The van der Waals surface area contributed by atoms with Gasteiger partial charge < -0.3 is 5.32 Å². The molecule has 2 N–H and O–H groups in total. The van der Waals surface area contributed by atoms with Crippen molar-refractivity contribution in [1.82, 2.24) is 0 Å². The van der Waals surface area contributed by atoms with Gasteiger partial charge in [-0.05, 0) is 59.3 Å². The summed E-state index contributed by atoms with van der Waals surface area (Å²) < 4.78 is 31.6. The molecule has 1 aliphatic heterocycles. The molecule has 4 rings (SSSR count).